The number of hydrogen-bond acceptors (Lipinski definition) is 3. The van der Waals surface area contributed by atoms with Gasteiger partial charge in [-0.3, -0.25) is 5.01 Å². The summed E-state index contributed by atoms with van der Waals surface area (Å²) in [7, 11) is 0. The second kappa shape index (κ2) is 2.77. The van der Waals surface area contributed by atoms with Crippen molar-refractivity contribution in [3.05, 3.63) is 4.91 Å². The summed E-state index contributed by atoms with van der Waals surface area (Å²) < 4.78 is 29.1. The van der Waals surface area contributed by atoms with Gasteiger partial charge in [-0.25, -0.2) is 0 Å². The quantitative estimate of drug-likeness (QED) is 0.518. The summed E-state index contributed by atoms with van der Waals surface area (Å²) in [5.74, 6) is 0. The molecule has 0 amide bonds. The molecular formula is C5H10N2O2. The van der Waals surface area contributed by atoms with Gasteiger partial charge < -0.3 is 5.11 Å². The average Bonchev–Trinajstić information content (AvgIpc) is 1.98. The van der Waals surface area contributed by atoms with Crippen LogP contribution in [0, 0.1) is 4.91 Å². The van der Waals surface area contributed by atoms with E-state index < -0.39 is 19.1 Å². The summed E-state index contributed by atoms with van der Waals surface area (Å²) >= 11 is 0. The first kappa shape index (κ1) is 2.96. The van der Waals surface area contributed by atoms with Crippen molar-refractivity contribution < 1.29 is 10.6 Å². The van der Waals surface area contributed by atoms with Crippen LogP contribution in [0.2, 0.25) is 0 Å². The lowest BCUT2D eigenvalue weighted by Crippen LogP contribution is -2.34. The summed E-state index contributed by atoms with van der Waals surface area (Å²) in [5, 5.41) is 11.6. The van der Waals surface area contributed by atoms with E-state index >= 15 is 0 Å². The van der Waals surface area contributed by atoms with Gasteiger partial charge in [0.15, 0.2) is 0 Å². The molecular weight excluding hydrogens is 120 g/mol. The van der Waals surface area contributed by atoms with Crippen LogP contribution in [-0.4, -0.2) is 29.2 Å². The van der Waals surface area contributed by atoms with Crippen molar-refractivity contribution in [1.82, 2.24) is 5.01 Å². The second-order valence-corrected chi connectivity index (χ2v) is 1.74. The molecule has 0 unspecified atom stereocenters. The van der Waals surface area contributed by atoms with Crippen molar-refractivity contribution in [2.75, 3.05) is 13.0 Å². The molecule has 0 aromatic heterocycles. The van der Waals surface area contributed by atoms with Crippen LogP contribution in [0.5, 0.6) is 0 Å². The van der Waals surface area contributed by atoms with Gasteiger partial charge in [-0.15, -0.1) is 4.91 Å². The maximum atomic E-state index is 10.2. The Labute approximate surface area is 59.0 Å². The van der Waals surface area contributed by atoms with Gasteiger partial charge in [-0.1, -0.05) is 0 Å². The summed E-state index contributed by atoms with van der Waals surface area (Å²) in [6.45, 7) is -4.55. The van der Waals surface area contributed by atoms with Crippen LogP contribution in [-0.2, 0) is 0 Å². The number of nitroso groups, excluding NO2 is 1. The lowest BCUT2D eigenvalue weighted by atomic mass is 10.1. The van der Waals surface area contributed by atoms with Gasteiger partial charge in [0.25, 0.3) is 0 Å². The van der Waals surface area contributed by atoms with E-state index in [9.17, 15) is 10.0 Å². The van der Waals surface area contributed by atoms with Gasteiger partial charge in [0.2, 0.25) is 0 Å². The highest BCUT2D eigenvalue weighted by Crippen LogP contribution is 2.08. The standard InChI is InChI=1S/C5H10N2O2/c8-5-2-1-3-7(4-5)6-9/h5,8H,1-4H2/t5-/m0/s1/i3D2,4D2. The van der Waals surface area contributed by atoms with Crippen molar-refractivity contribution in [2.45, 2.75) is 18.9 Å². The summed E-state index contributed by atoms with van der Waals surface area (Å²) in [6.07, 6.45) is -1.51. The molecule has 0 radical (unpaired) electrons. The van der Waals surface area contributed by atoms with Crippen LogP contribution in [0.15, 0.2) is 5.29 Å². The number of β-amino-alcohol motifs (C(OH)–C–C–N with tert-alkyl or cyclic N) is 1. The predicted molar refractivity (Wildman–Crippen MR) is 32.6 cm³/mol. The highest BCUT2D eigenvalue weighted by molar-refractivity contribution is 4.67. The lowest BCUT2D eigenvalue weighted by molar-refractivity contribution is 0.0715. The minimum absolute atomic E-state index is 0.0218. The molecule has 0 aliphatic carbocycles. The molecule has 0 bridgehead atoms. The van der Waals surface area contributed by atoms with Crippen molar-refractivity contribution in [1.29, 1.82) is 0 Å². The van der Waals surface area contributed by atoms with Gasteiger partial charge in [0, 0.05) is 6.50 Å². The summed E-state index contributed by atoms with van der Waals surface area (Å²) in [6, 6.07) is 0. The van der Waals surface area contributed by atoms with E-state index in [2.05, 4.69) is 5.29 Å². The summed E-state index contributed by atoms with van der Waals surface area (Å²) in [5.41, 5.74) is 0. The Balaban J connectivity index is 2.98. The molecule has 1 fully saturated rings. The van der Waals surface area contributed by atoms with E-state index in [0.29, 0.717) is 0 Å². The van der Waals surface area contributed by atoms with Crippen molar-refractivity contribution in [3.8, 4) is 0 Å². The number of nitrogens with zero attached hydrogens (tertiary/aromatic N) is 2. The van der Waals surface area contributed by atoms with Crippen molar-refractivity contribution in [3.63, 3.8) is 0 Å². The Morgan fingerprint density at radius 1 is 1.89 bits per heavy atom. The van der Waals surface area contributed by atoms with Gasteiger partial charge in [0.05, 0.1) is 23.4 Å². The van der Waals surface area contributed by atoms with Crippen LogP contribution in [0.4, 0.5) is 0 Å². The molecule has 1 aliphatic heterocycles. The fourth-order valence-electron chi connectivity index (χ4n) is 0.611. The van der Waals surface area contributed by atoms with E-state index in [1.165, 1.54) is 0 Å². The SMILES string of the molecule is [2H]C1([2H])CC[C@H](O)C([2H])([2H])N1N=O. The first-order valence-electron chi connectivity index (χ1n) is 4.64. The zero-order valence-corrected chi connectivity index (χ0v) is 4.74. The zero-order chi connectivity index (χ0) is 10.3. The molecule has 1 N–H and O–H groups in total. The molecule has 9 heavy (non-hydrogen) atoms. The minimum Gasteiger partial charge on any atom is -0.391 e. The number of aliphatic hydroxyl groups is 1. The van der Waals surface area contributed by atoms with Crippen molar-refractivity contribution in [2.24, 2.45) is 5.29 Å². The predicted octanol–water partition coefficient (Wildman–Crippen LogP) is 0.124. The number of aliphatic hydroxyl groups excluding tert-OH is 1. The summed E-state index contributed by atoms with van der Waals surface area (Å²) in [4.78, 5) is 10.2. The molecule has 4 heteroatoms. The van der Waals surface area contributed by atoms with Crippen LogP contribution >= 0.6 is 0 Å². The van der Waals surface area contributed by atoms with Gasteiger partial charge in [0.1, 0.15) is 0 Å². The van der Waals surface area contributed by atoms with Crippen LogP contribution in [0.3, 0.4) is 0 Å². The fourth-order valence-corrected chi connectivity index (χ4v) is 0.611. The fraction of sp³-hybridized carbons (Fsp3) is 1.00. The molecule has 1 atom stereocenters. The van der Waals surface area contributed by atoms with E-state index in [-0.39, 0.29) is 17.9 Å². The molecule has 0 spiro atoms. The molecule has 0 saturated carbocycles. The van der Waals surface area contributed by atoms with Gasteiger partial charge in [-0.05, 0) is 12.8 Å². The second-order valence-electron chi connectivity index (χ2n) is 1.74. The Bertz CT molecular complexity index is 223. The number of rotatable bonds is 1. The molecule has 1 saturated heterocycles. The number of piperidine rings is 1. The molecule has 1 rings (SSSR count). The lowest BCUT2D eigenvalue weighted by Gasteiger charge is -2.24. The normalized spacial score (nSPS) is 45.9. The van der Waals surface area contributed by atoms with Crippen LogP contribution < -0.4 is 0 Å². The molecule has 0 aromatic rings. The average molecular weight is 134 g/mol. The van der Waals surface area contributed by atoms with Crippen molar-refractivity contribution >= 4 is 0 Å². The highest BCUT2D eigenvalue weighted by Gasteiger charge is 2.16. The molecule has 0 aromatic carbocycles. The maximum Gasteiger partial charge on any atom is 0.0733 e. The van der Waals surface area contributed by atoms with Gasteiger partial charge in [-0.2, -0.15) is 0 Å². The van der Waals surface area contributed by atoms with E-state index in [1.807, 2.05) is 0 Å². The van der Waals surface area contributed by atoms with E-state index in [1.54, 1.807) is 0 Å². The van der Waals surface area contributed by atoms with Crippen LogP contribution in [0.25, 0.3) is 0 Å². The first-order valence-corrected chi connectivity index (χ1v) is 2.64. The highest BCUT2D eigenvalue weighted by atomic mass is 16.3. The first-order chi connectivity index (χ1) is 5.82. The topological polar surface area (TPSA) is 52.9 Å². The van der Waals surface area contributed by atoms with E-state index in [0.717, 1.165) is 0 Å². The smallest absolute Gasteiger partial charge is 0.0733 e. The molecule has 52 valence electrons. The molecule has 4 nitrogen and oxygen atoms in total. The third kappa shape index (κ3) is 1.64. The Hall–Kier alpha value is -0.640. The monoisotopic (exact) mass is 134 g/mol. The Morgan fingerprint density at radius 3 is 3.22 bits per heavy atom. The molecule has 1 aliphatic rings. The Morgan fingerprint density at radius 2 is 2.67 bits per heavy atom. The largest absolute Gasteiger partial charge is 0.391 e. The minimum atomic E-state index is -2.43. The van der Waals surface area contributed by atoms with Gasteiger partial charge >= 0.3 is 0 Å². The third-order valence-corrected chi connectivity index (χ3v) is 1.03. The third-order valence-electron chi connectivity index (χ3n) is 1.03. The number of hydrogen-bond donors (Lipinski definition) is 1. The molecule has 1 heterocycles. The maximum absolute atomic E-state index is 10.2. The van der Waals surface area contributed by atoms with E-state index in [4.69, 9.17) is 5.48 Å². The van der Waals surface area contributed by atoms with Crippen LogP contribution in [0.1, 0.15) is 18.3 Å². The Kier molecular flexibility index (Phi) is 0.914. The zero-order valence-electron chi connectivity index (χ0n) is 8.74.